The van der Waals surface area contributed by atoms with Gasteiger partial charge in [-0.3, -0.25) is 4.79 Å². The monoisotopic (exact) mass is 297 g/mol. The third-order valence-electron chi connectivity index (χ3n) is 3.12. The molecule has 1 N–H and O–H groups in total. The highest BCUT2D eigenvalue weighted by Crippen LogP contribution is 2.04. The fourth-order valence-corrected chi connectivity index (χ4v) is 1.99. The van der Waals surface area contributed by atoms with Crippen molar-refractivity contribution < 1.29 is 9.32 Å². The molecule has 1 aromatic carbocycles. The van der Waals surface area contributed by atoms with Crippen molar-refractivity contribution in [1.82, 2.24) is 25.5 Å². The summed E-state index contributed by atoms with van der Waals surface area (Å²) in [7, 11) is 0. The third kappa shape index (κ3) is 3.38. The first-order valence-electron chi connectivity index (χ1n) is 6.97. The van der Waals surface area contributed by atoms with Gasteiger partial charge in [-0.15, -0.1) is 5.10 Å². The molecule has 22 heavy (non-hydrogen) atoms. The lowest BCUT2D eigenvalue weighted by molar-refractivity contribution is 0.0948. The smallest absolute Gasteiger partial charge is 0.273 e. The van der Waals surface area contributed by atoms with Crippen molar-refractivity contribution >= 4 is 5.91 Å². The zero-order valence-electron chi connectivity index (χ0n) is 11.8. The molecule has 0 aliphatic carbocycles. The second kappa shape index (κ2) is 6.66. The Hall–Kier alpha value is -2.96. The Balaban J connectivity index is 1.51. The minimum Gasteiger partial charge on any atom is -0.364 e. The number of hydrogen-bond acceptors (Lipinski definition) is 5. The van der Waals surface area contributed by atoms with Gasteiger partial charge in [0.05, 0.1) is 18.1 Å². The van der Waals surface area contributed by atoms with Crippen LogP contribution < -0.4 is 5.32 Å². The van der Waals surface area contributed by atoms with Crippen molar-refractivity contribution in [2.75, 3.05) is 6.54 Å². The van der Waals surface area contributed by atoms with E-state index in [1.807, 2.05) is 30.3 Å². The van der Waals surface area contributed by atoms with Crippen LogP contribution in [0.3, 0.4) is 0 Å². The molecule has 0 bridgehead atoms. The first kappa shape index (κ1) is 14.0. The van der Waals surface area contributed by atoms with Crippen LogP contribution in [0.5, 0.6) is 0 Å². The van der Waals surface area contributed by atoms with Gasteiger partial charge >= 0.3 is 0 Å². The number of amides is 1. The average molecular weight is 297 g/mol. The molecule has 0 saturated heterocycles. The lowest BCUT2D eigenvalue weighted by atomic mass is 10.2. The maximum atomic E-state index is 12.0. The van der Waals surface area contributed by atoms with Gasteiger partial charge in [0.2, 0.25) is 0 Å². The van der Waals surface area contributed by atoms with Gasteiger partial charge < -0.3 is 9.84 Å². The molecule has 7 heteroatoms. The first-order chi connectivity index (χ1) is 10.8. The predicted molar refractivity (Wildman–Crippen MR) is 78.5 cm³/mol. The number of nitrogens with zero attached hydrogens (tertiary/aromatic N) is 4. The quantitative estimate of drug-likeness (QED) is 0.699. The fraction of sp³-hybridized carbons (Fsp3) is 0.200. The Bertz CT molecular complexity index is 721. The van der Waals surface area contributed by atoms with Crippen molar-refractivity contribution in [3.8, 4) is 5.69 Å². The summed E-state index contributed by atoms with van der Waals surface area (Å²) in [6.45, 7) is 0.558. The normalized spacial score (nSPS) is 10.5. The standard InChI is InChI=1S/C15H15N5O2/c21-15(16-8-4-5-12-9-18-22-11-12)14-10-17-20(19-14)13-6-2-1-3-7-13/h1-3,6-7,9-11H,4-5,8H2,(H,16,21). The number of hydrogen-bond donors (Lipinski definition) is 1. The molecule has 112 valence electrons. The number of benzene rings is 1. The lowest BCUT2D eigenvalue weighted by Crippen LogP contribution is -2.25. The van der Waals surface area contributed by atoms with Crippen LogP contribution in [0.15, 0.2) is 53.5 Å². The van der Waals surface area contributed by atoms with Crippen molar-refractivity contribution in [1.29, 1.82) is 0 Å². The Kier molecular flexibility index (Phi) is 4.24. The molecular weight excluding hydrogens is 282 g/mol. The van der Waals surface area contributed by atoms with E-state index >= 15 is 0 Å². The highest BCUT2D eigenvalue weighted by Gasteiger charge is 2.10. The molecule has 0 spiro atoms. The van der Waals surface area contributed by atoms with Gasteiger partial charge in [0.1, 0.15) is 6.26 Å². The van der Waals surface area contributed by atoms with Crippen LogP contribution in [0.2, 0.25) is 0 Å². The number of aryl methyl sites for hydroxylation is 1. The summed E-state index contributed by atoms with van der Waals surface area (Å²) in [5.74, 6) is -0.229. The van der Waals surface area contributed by atoms with E-state index < -0.39 is 0 Å². The third-order valence-corrected chi connectivity index (χ3v) is 3.12. The van der Waals surface area contributed by atoms with Crippen LogP contribution in [-0.2, 0) is 6.42 Å². The molecule has 0 aliphatic rings. The van der Waals surface area contributed by atoms with Gasteiger partial charge in [-0.2, -0.15) is 9.90 Å². The molecule has 0 saturated carbocycles. The Morgan fingerprint density at radius 2 is 2.09 bits per heavy atom. The minimum atomic E-state index is -0.229. The van der Waals surface area contributed by atoms with Crippen LogP contribution in [0.1, 0.15) is 22.5 Å². The Morgan fingerprint density at radius 1 is 1.23 bits per heavy atom. The summed E-state index contributed by atoms with van der Waals surface area (Å²) in [6, 6.07) is 9.45. The van der Waals surface area contributed by atoms with E-state index in [4.69, 9.17) is 4.52 Å². The van der Waals surface area contributed by atoms with Gasteiger partial charge in [0.15, 0.2) is 5.69 Å². The summed E-state index contributed by atoms with van der Waals surface area (Å²) in [4.78, 5) is 13.4. The van der Waals surface area contributed by atoms with Gasteiger partial charge in [0, 0.05) is 12.1 Å². The van der Waals surface area contributed by atoms with Crippen LogP contribution >= 0.6 is 0 Å². The average Bonchev–Trinajstić information content (AvgIpc) is 3.24. The van der Waals surface area contributed by atoms with Crippen molar-refractivity contribution in [2.24, 2.45) is 0 Å². The number of nitrogens with one attached hydrogen (secondary N) is 1. The number of carbonyl (C=O) groups excluding carboxylic acids is 1. The first-order valence-corrected chi connectivity index (χ1v) is 6.97. The van der Waals surface area contributed by atoms with E-state index in [2.05, 4.69) is 20.7 Å². The largest absolute Gasteiger partial charge is 0.364 e. The van der Waals surface area contributed by atoms with E-state index in [9.17, 15) is 4.79 Å². The zero-order chi connectivity index (χ0) is 15.2. The van der Waals surface area contributed by atoms with Gasteiger partial charge in [-0.1, -0.05) is 23.4 Å². The molecule has 2 heterocycles. The van der Waals surface area contributed by atoms with Crippen LogP contribution in [-0.4, -0.2) is 32.6 Å². The second-order valence-electron chi connectivity index (χ2n) is 4.75. The maximum Gasteiger partial charge on any atom is 0.273 e. The molecule has 3 aromatic rings. The molecule has 0 fully saturated rings. The van der Waals surface area contributed by atoms with Crippen LogP contribution in [0.25, 0.3) is 5.69 Å². The van der Waals surface area contributed by atoms with E-state index in [-0.39, 0.29) is 5.91 Å². The van der Waals surface area contributed by atoms with E-state index in [1.54, 1.807) is 12.5 Å². The van der Waals surface area contributed by atoms with E-state index in [1.165, 1.54) is 11.0 Å². The predicted octanol–water partition coefficient (Wildman–Crippen LogP) is 1.62. The molecule has 0 atom stereocenters. The Labute approximate surface area is 126 Å². The second-order valence-corrected chi connectivity index (χ2v) is 4.75. The highest BCUT2D eigenvalue weighted by atomic mass is 16.5. The van der Waals surface area contributed by atoms with Crippen molar-refractivity contribution in [3.63, 3.8) is 0 Å². The SMILES string of the molecule is O=C(NCCCc1cnoc1)c1cnn(-c2ccccc2)n1. The number of para-hydroxylation sites is 1. The Morgan fingerprint density at radius 3 is 2.86 bits per heavy atom. The number of rotatable bonds is 6. The maximum absolute atomic E-state index is 12.0. The van der Waals surface area contributed by atoms with Crippen molar-refractivity contribution in [3.05, 3.63) is 60.2 Å². The van der Waals surface area contributed by atoms with Gasteiger partial charge in [0.25, 0.3) is 5.91 Å². The summed E-state index contributed by atoms with van der Waals surface area (Å²) in [5.41, 5.74) is 2.13. The fourth-order valence-electron chi connectivity index (χ4n) is 1.99. The lowest BCUT2D eigenvalue weighted by Gasteiger charge is -2.01. The summed E-state index contributed by atoms with van der Waals surface area (Å²) in [6.07, 6.45) is 6.35. The summed E-state index contributed by atoms with van der Waals surface area (Å²) < 4.78 is 4.75. The summed E-state index contributed by atoms with van der Waals surface area (Å²) >= 11 is 0. The highest BCUT2D eigenvalue weighted by molar-refractivity contribution is 5.91. The van der Waals surface area contributed by atoms with E-state index in [0.717, 1.165) is 24.1 Å². The molecule has 3 rings (SSSR count). The minimum absolute atomic E-state index is 0.229. The molecule has 0 unspecified atom stereocenters. The molecule has 0 aliphatic heterocycles. The van der Waals surface area contributed by atoms with E-state index in [0.29, 0.717) is 12.2 Å². The van der Waals surface area contributed by atoms with Gasteiger partial charge in [-0.25, -0.2) is 0 Å². The van der Waals surface area contributed by atoms with Crippen LogP contribution in [0.4, 0.5) is 0 Å². The number of aromatic nitrogens is 4. The summed E-state index contributed by atoms with van der Waals surface area (Å²) in [5, 5.41) is 14.7. The molecule has 7 nitrogen and oxygen atoms in total. The molecule has 0 radical (unpaired) electrons. The van der Waals surface area contributed by atoms with Crippen LogP contribution in [0, 0.1) is 0 Å². The van der Waals surface area contributed by atoms with Gasteiger partial charge in [-0.05, 0) is 25.0 Å². The van der Waals surface area contributed by atoms with Crippen molar-refractivity contribution in [2.45, 2.75) is 12.8 Å². The topological polar surface area (TPSA) is 85.8 Å². The number of carbonyl (C=O) groups is 1. The molecular formula is C15H15N5O2. The zero-order valence-corrected chi connectivity index (χ0v) is 11.8. The molecule has 2 aromatic heterocycles. The molecule has 1 amide bonds.